The van der Waals surface area contributed by atoms with Crippen molar-refractivity contribution in [2.45, 2.75) is 58.2 Å². The SMILES string of the molecule is CC(NC(=O)C1CCCN1C(=O)OC(C)(C)C)c1ccccc1. The van der Waals surface area contributed by atoms with Gasteiger partial charge in [0.25, 0.3) is 0 Å². The lowest BCUT2D eigenvalue weighted by molar-refractivity contribution is -0.126. The molecule has 23 heavy (non-hydrogen) atoms. The highest BCUT2D eigenvalue weighted by atomic mass is 16.6. The van der Waals surface area contributed by atoms with Crippen LogP contribution in [0.4, 0.5) is 4.79 Å². The van der Waals surface area contributed by atoms with Crippen LogP contribution in [0.25, 0.3) is 0 Å². The van der Waals surface area contributed by atoms with Crippen LogP contribution in [0.15, 0.2) is 30.3 Å². The summed E-state index contributed by atoms with van der Waals surface area (Å²) in [6.07, 6.45) is 1.08. The zero-order valence-corrected chi connectivity index (χ0v) is 14.3. The molecule has 1 heterocycles. The van der Waals surface area contributed by atoms with Gasteiger partial charge in [-0.25, -0.2) is 4.79 Å². The number of nitrogens with one attached hydrogen (secondary N) is 1. The summed E-state index contributed by atoms with van der Waals surface area (Å²) in [7, 11) is 0. The summed E-state index contributed by atoms with van der Waals surface area (Å²) in [5, 5.41) is 3.00. The normalized spacial score (nSPS) is 19.3. The molecular weight excluding hydrogens is 292 g/mol. The molecule has 1 aliphatic rings. The van der Waals surface area contributed by atoms with E-state index < -0.39 is 17.7 Å². The summed E-state index contributed by atoms with van der Waals surface area (Å²) >= 11 is 0. The lowest BCUT2D eigenvalue weighted by atomic mass is 10.1. The number of hydrogen-bond acceptors (Lipinski definition) is 3. The number of carbonyl (C=O) groups excluding carboxylic acids is 2. The molecule has 1 N–H and O–H groups in total. The number of nitrogens with zero attached hydrogens (tertiary/aromatic N) is 1. The van der Waals surface area contributed by atoms with E-state index in [4.69, 9.17) is 4.74 Å². The lowest BCUT2D eigenvalue weighted by Crippen LogP contribution is -2.48. The van der Waals surface area contributed by atoms with E-state index >= 15 is 0 Å². The van der Waals surface area contributed by atoms with Crippen LogP contribution in [0.5, 0.6) is 0 Å². The molecule has 2 unspecified atom stereocenters. The molecule has 5 heteroatoms. The maximum Gasteiger partial charge on any atom is 0.410 e. The molecule has 0 spiro atoms. The van der Waals surface area contributed by atoms with E-state index in [0.29, 0.717) is 13.0 Å². The van der Waals surface area contributed by atoms with Crippen molar-refractivity contribution < 1.29 is 14.3 Å². The molecule has 5 nitrogen and oxygen atoms in total. The molecule has 0 bridgehead atoms. The number of carbonyl (C=O) groups is 2. The van der Waals surface area contributed by atoms with E-state index in [1.54, 1.807) is 0 Å². The van der Waals surface area contributed by atoms with Crippen molar-refractivity contribution in [1.82, 2.24) is 10.2 Å². The maximum atomic E-state index is 12.5. The van der Waals surface area contributed by atoms with Gasteiger partial charge in [-0.1, -0.05) is 30.3 Å². The number of ether oxygens (including phenoxy) is 1. The summed E-state index contributed by atoms with van der Waals surface area (Å²) in [6, 6.07) is 9.25. The van der Waals surface area contributed by atoms with Gasteiger partial charge in [0.2, 0.25) is 5.91 Å². The smallest absolute Gasteiger partial charge is 0.410 e. The van der Waals surface area contributed by atoms with E-state index in [2.05, 4.69) is 5.32 Å². The third-order valence-electron chi connectivity index (χ3n) is 3.84. The predicted octanol–water partition coefficient (Wildman–Crippen LogP) is 3.26. The second kappa shape index (κ2) is 7.02. The first-order chi connectivity index (χ1) is 10.8. The number of rotatable bonds is 3. The second-order valence-corrected chi connectivity index (χ2v) is 6.97. The highest BCUT2D eigenvalue weighted by Crippen LogP contribution is 2.22. The number of likely N-dealkylation sites (tertiary alicyclic amines) is 1. The topological polar surface area (TPSA) is 58.6 Å². The average Bonchev–Trinajstić information content (AvgIpc) is 2.96. The second-order valence-electron chi connectivity index (χ2n) is 6.97. The van der Waals surface area contributed by atoms with Gasteiger partial charge in [-0.05, 0) is 46.1 Å². The Bertz CT molecular complexity index is 551. The zero-order valence-electron chi connectivity index (χ0n) is 14.3. The van der Waals surface area contributed by atoms with E-state index in [1.807, 2.05) is 58.0 Å². The Balaban J connectivity index is 1.99. The van der Waals surface area contributed by atoms with Crippen LogP contribution < -0.4 is 5.32 Å². The number of amides is 2. The highest BCUT2D eigenvalue weighted by molar-refractivity contribution is 5.86. The van der Waals surface area contributed by atoms with Crippen molar-refractivity contribution in [3.63, 3.8) is 0 Å². The molecule has 1 aliphatic heterocycles. The van der Waals surface area contributed by atoms with Gasteiger partial charge in [0.05, 0.1) is 6.04 Å². The van der Waals surface area contributed by atoms with Gasteiger partial charge < -0.3 is 10.1 Å². The molecule has 1 fully saturated rings. The third-order valence-corrected chi connectivity index (χ3v) is 3.84. The van der Waals surface area contributed by atoms with Crippen molar-refractivity contribution >= 4 is 12.0 Å². The zero-order chi connectivity index (χ0) is 17.0. The van der Waals surface area contributed by atoms with Gasteiger partial charge in [0.15, 0.2) is 0 Å². The molecular formula is C18H26N2O3. The van der Waals surface area contributed by atoms with Crippen LogP contribution in [0.1, 0.15) is 52.1 Å². The van der Waals surface area contributed by atoms with Crippen LogP contribution in [-0.2, 0) is 9.53 Å². The minimum atomic E-state index is -0.558. The lowest BCUT2D eigenvalue weighted by Gasteiger charge is -2.28. The van der Waals surface area contributed by atoms with Crippen molar-refractivity contribution in [2.75, 3.05) is 6.54 Å². The van der Waals surface area contributed by atoms with E-state index in [1.165, 1.54) is 4.90 Å². The Morgan fingerprint density at radius 1 is 1.26 bits per heavy atom. The van der Waals surface area contributed by atoms with Crippen LogP contribution in [-0.4, -0.2) is 35.1 Å². The molecule has 0 saturated carbocycles. The Hall–Kier alpha value is -2.04. The molecule has 2 atom stereocenters. The first-order valence-electron chi connectivity index (χ1n) is 8.13. The molecule has 1 aromatic carbocycles. The van der Waals surface area contributed by atoms with Gasteiger partial charge in [0.1, 0.15) is 11.6 Å². The minimum absolute atomic E-state index is 0.0928. The first kappa shape index (κ1) is 17.3. The van der Waals surface area contributed by atoms with Crippen LogP contribution in [0, 0.1) is 0 Å². The monoisotopic (exact) mass is 318 g/mol. The Labute approximate surface area is 138 Å². The number of hydrogen-bond donors (Lipinski definition) is 1. The molecule has 1 aromatic rings. The van der Waals surface area contributed by atoms with Crippen molar-refractivity contribution in [3.8, 4) is 0 Å². The maximum absolute atomic E-state index is 12.5. The summed E-state index contributed by atoms with van der Waals surface area (Å²) < 4.78 is 5.40. The van der Waals surface area contributed by atoms with Gasteiger partial charge in [-0.2, -0.15) is 0 Å². The number of benzene rings is 1. The standard InChI is InChI=1S/C18H26N2O3/c1-13(14-9-6-5-7-10-14)19-16(21)15-11-8-12-20(15)17(22)23-18(2,3)4/h5-7,9-10,13,15H,8,11-12H2,1-4H3,(H,19,21). The molecule has 0 aliphatic carbocycles. The fourth-order valence-corrected chi connectivity index (χ4v) is 2.71. The highest BCUT2D eigenvalue weighted by Gasteiger charge is 2.36. The van der Waals surface area contributed by atoms with Crippen molar-refractivity contribution in [1.29, 1.82) is 0 Å². The quantitative estimate of drug-likeness (QED) is 0.930. The molecule has 126 valence electrons. The van der Waals surface area contributed by atoms with E-state index in [9.17, 15) is 9.59 Å². The molecule has 1 saturated heterocycles. The van der Waals surface area contributed by atoms with Gasteiger partial charge in [-0.15, -0.1) is 0 Å². The summed E-state index contributed by atoms with van der Waals surface area (Å²) in [4.78, 5) is 26.3. The van der Waals surface area contributed by atoms with E-state index in [-0.39, 0.29) is 11.9 Å². The minimum Gasteiger partial charge on any atom is -0.444 e. The average molecular weight is 318 g/mol. The first-order valence-corrected chi connectivity index (χ1v) is 8.13. The molecule has 0 aromatic heterocycles. The predicted molar refractivity (Wildman–Crippen MR) is 89.0 cm³/mol. The molecule has 2 rings (SSSR count). The summed E-state index contributed by atoms with van der Waals surface area (Å²) in [5.41, 5.74) is 0.487. The van der Waals surface area contributed by atoms with Crippen LogP contribution >= 0.6 is 0 Å². The fourth-order valence-electron chi connectivity index (χ4n) is 2.71. The van der Waals surface area contributed by atoms with Gasteiger partial charge >= 0.3 is 6.09 Å². The fraction of sp³-hybridized carbons (Fsp3) is 0.556. The summed E-state index contributed by atoms with van der Waals surface area (Å²) in [6.45, 7) is 7.99. The molecule has 2 amide bonds. The Morgan fingerprint density at radius 2 is 1.91 bits per heavy atom. The largest absolute Gasteiger partial charge is 0.444 e. The molecule has 0 radical (unpaired) electrons. The van der Waals surface area contributed by atoms with Crippen LogP contribution in [0.2, 0.25) is 0 Å². The summed E-state index contributed by atoms with van der Waals surface area (Å²) in [5.74, 6) is -0.121. The Morgan fingerprint density at radius 3 is 2.52 bits per heavy atom. The Kier molecular flexibility index (Phi) is 5.29. The van der Waals surface area contributed by atoms with Crippen molar-refractivity contribution in [2.24, 2.45) is 0 Å². The van der Waals surface area contributed by atoms with Crippen molar-refractivity contribution in [3.05, 3.63) is 35.9 Å². The van der Waals surface area contributed by atoms with Crippen LogP contribution in [0.3, 0.4) is 0 Å². The van der Waals surface area contributed by atoms with Gasteiger partial charge in [0, 0.05) is 6.54 Å². The third kappa shape index (κ3) is 4.71. The van der Waals surface area contributed by atoms with E-state index in [0.717, 1.165) is 12.0 Å². The van der Waals surface area contributed by atoms with Gasteiger partial charge in [-0.3, -0.25) is 9.69 Å².